The number of likely N-dealkylation sites (tertiary alicyclic amines) is 1. The number of rotatable bonds is 2. The van der Waals surface area contributed by atoms with Gasteiger partial charge in [0.15, 0.2) is 0 Å². The normalized spacial score (nSPS) is 22.4. The number of carbonyl (C=O) groups excluding carboxylic acids is 1. The summed E-state index contributed by atoms with van der Waals surface area (Å²) >= 11 is 0. The maximum Gasteiger partial charge on any atom is 0.309 e. The summed E-state index contributed by atoms with van der Waals surface area (Å²) < 4.78 is 0. The molecule has 1 aromatic heterocycles. The van der Waals surface area contributed by atoms with Gasteiger partial charge in [-0.15, -0.1) is 0 Å². The van der Waals surface area contributed by atoms with Gasteiger partial charge in [-0.2, -0.15) is 0 Å². The quantitative estimate of drug-likeness (QED) is 0.904. The minimum Gasteiger partial charge on any atom is -0.481 e. The van der Waals surface area contributed by atoms with E-state index in [2.05, 4.69) is 4.98 Å². The first-order valence-corrected chi connectivity index (χ1v) is 6.41. The first-order chi connectivity index (χ1) is 9.58. The number of hydrogen-bond acceptors (Lipinski definition) is 3. The number of carboxylic acid groups (broad SMARTS) is 1. The van der Waals surface area contributed by atoms with Crippen LogP contribution in [0, 0.1) is 5.92 Å². The van der Waals surface area contributed by atoms with Crippen LogP contribution in [0.3, 0.4) is 0 Å². The molecule has 20 heavy (non-hydrogen) atoms. The molecule has 0 radical (unpaired) electrons. The molecular weight excluding hydrogens is 256 g/mol. The van der Waals surface area contributed by atoms with Crippen molar-refractivity contribution in [3.05, 3.63) is 42.1 Å². The van der Waals surface area contributed by atoms with Gasteiger partial charge in [-0.3, -0.25) is 14.6 Å². The lowest BCUT2D eigenvalue weighted by Gasteiger charge is -2.23. The lowest BCUT2D eigenvalue weighted by molar-refractivity contribution is -0.142. The summed E-state index contributed by atoms with van der Waals surface area (Å²) in [5, 5.41) is 10.2. The number of amides is 1. The molecule has 3 rings (SSSR count). The summed E-state index contributed by atoms with van der Waals surface area (Å²) in [5.74, 6) is -1.76. The topological polar surface area (TPSA) is 70.5 Å². The zero-order valence-corrected chi connectivity index (χ0v) is 11.0. The molecule has 2 unspecified atom stereocenters. The van der Waals surface area contributed by atoms with Gasteiger partial charge in [0, 0.05) is 25.1 Å². The SMILES string of the molecule is CN1C(=O)CC(C(=O)O)C1c1ccc2ncccc2c1. The largest absolute Gasteiger partial charge is 0.481 e. The Labute approximate surface area is 115 Å². The number of aromatic nitrogens is 1. The first-order valence-electron chi connectivity index (χ1n) is 6.41. The molecule has 0 aliphatic carbocycles. The van der Waals surface area contributed by atoms with Gasteiger partial charge in [0.25, 0.3) is 0 Å². The van der Waals surface area contributed by atoms with Crippen molar-refractivity contribution < 1.29 is 14.7 Å². The van der Waals surface area contributed by atoms with Crippen LogP contribution in [-0.2, 0) is 9.59 Å². The highest BCUT2D eigenvalue weighted by Crippen LogP contribution is 2.37. The monoisotopic (exact) mass is 270 g/mol. The van der Waals surface area contributed by atoms with E-state index in [9.17, 15) is 14.7 Å². The third-order valence-electron chi connectivity index (χ3n) is 3.87. The molecule has 0 bridgehead atoms. The Bertz CT molecular complexity index is 698. The van der Waals surface area contributed by atoms with Gasteiger partial charge in [-0.25, -0.2) is 0 Å². The molecule has 0 saturated carbocycles. The highest BCUT2D eigenvalue weighted by atomic mass is 16.4. The fraction of sp³-hybridized carbons (Fsp3) is 0.267. The fourth-order valence-electron chi connectivity index (χ4n) is 2.83. The predicted octanol–water partition coefficient (Wildman–Crippen LogP) is 1.84. The van der Waals surface area contributed by atoms with Gasteiger partial charge in [0.05, 0.1) is 17.5 Å². The molecule has 102 valence electrons. The van der Waals surface area contributed by atoms with Crippen LogP contribution in [-0.4, -0.2) is 33.9 Å². The minimum absolute atomic E-state index is 0.0571. The standard InChI is InChI=1S/C15H14N2O3/c1-17-13(18)8-11(15(19)20)14(17)10-4-5-12-9(7-10)3-2-6-16-12/h2-7,11,14H,8H2,1H3,(H,19,20). The Balaban J connectivity index is 2.08. The summed E-state index contributed by atoms with van der Waals surface area (Å²) in [6, 6.07) is 8.98. The molecule has 1 aromatic carbocycles. The van der Waals surface area contributed by atoms with Crippen LogP contribution in [0.25, 0.3) is 10.9 Å². The fourth-order valence-corrected chi connectivity index (χ4v) is 2.83. The van der Waals surface area contributed by atoms with Crippen LogP contribution in [0.4, 0.5) is 0 Å². The summed E-state index contributed by atoms with van der Waals surface area (Å²) in [4.78, 5) is 28.9. The second-order valence-electron chi connectivity index (χ2n) is 5.05. The highest BCUT2D eigenvalue weighted by molar-refractivity contribution is 5.88. The van der Waals surface area contributed by atoms with Crippen molar-refractivity contribution in [1.82, 2.24) is 9.88 Å². The molecule has 2 heterocycles. The summed E-state index contributed by atoms with van der Waals surface area (Å²) in [7, 11) is 1.66. The molecule has 1 saturated heterocycles. The van der Waals surface area contributed by atoms with Gasteiger partial charge in [-0.05, 0) is 23.8 Å². The number of aliphatic carboxylic acids is 1. The number of benzene rings is 1. The predicted molar refractivity (Wildman–Crippen MR) is 73.0 cm³/mol. The number of hydrogen-bond donors (Lipinski definition) is 1. The van der Waals surface area contributed by atoms with Crippen molar-refractivity contribution in [1.29, 1.82) is 0 Å². The van der Waals surface area contributed by atoms with Gasteiger partial charge < -0.3 is 10.0 Å². The second-order valence-corrected chi connectivity index (χ2v) is 5.05. The molecule has 1 amide bonds. The molecule has 1 N–H and O–H groups in total. The van der Waals surface area contributed by atoms with Crippen LogP contribution < -0.4 is 0 Å². The molecule has 1 aliphatic heterocycles. The Morgan fingerprint density at radius 3 is 2.95 bits per heavy atom. The van der Waals surface area contributed by atoms with E-state index in [0.29, 0.717) is 0 Å². The molecule has 5 heteroatoms. The lowest BCUT2D eigenvalue weighted by Crippen LogP contribution is -2.26. The number of nitrogens with zero attached hydrogens (tertiary/aromatic N) is 2. The third-order valence-corrected chi connectivity index (χ3v) is 3.87. The number of pyridine rings is 1. The van der Waals surface area contributed by atoms with Crippen molar-refractivity contribution in [2.45, 2.75) is 12.5 Å². The molecule has 5 nitrogen and oxygen atoms in total. The number of fused-ring (bicyclic) bond motifs is 1. The smallest absolute Gasteiger partial charge is 0.309 e. The van der Waals surface area contributed by atoms with E-state index in [1.165, 1.54) is 4.90 Å². The maximum atomic E-state index is 11.8. The average Bonchev–Trinajstić information content (AvgIpc) is 2.75. The van der Waals surface area contributed by atoms with E-state index in [1.807, 2.05) is 30.3 Å². The van der Waals surface area contributed by atoms with Gasteiger partial charge in [-0.1, -0.05) is 12.1 Å². The molecule has 1 aliphatic rings. The Morgan fingerprint density at radius 1 is 1.40 bits per heavy atom. The van der Waals surface area contributed by atoms with Crippen molar-refractivity contribution in [2.75, 3.05) is 7.05 Å². The third kappa shape index (κ3) is 1.91. The summed E-state index contributed by atoms with van der Waals surface area (Å²) in [6.07, 6.45) is 1.77. The van der Waals surface area contributed by atoms with Crippen LogP contribution in [0.2, 0.25) is 0 Å². The Hall–Kier alpha value is -2.43. The molecule has 0 spiro atoms. The van der Waals surface area contributed by atoms with Gasteiger partial charge in [0.1, 0.15) is 0 Å². The van der Waals surface area contributed by atoms with E-state index in [4.69, 9.17) is 0 Å². The van der Waals surface area contributed by atoms with E-state index >= 15 is 0 Å². The molecule has 2 aromatic rings. The highest BCUT2D eigenvalue weighted by Gasteiger charge is 2.42. The molecule has 1 fully saturated rings. The van der Waals surface area contributed by atoms with Crippen molar-refractivity contribution in [2.24, 2.45) is 5.92 Å². The van der Waals surface area contributed by atoms with Crippen LogP contribution in [0.1, 0.15) is 18.0 Å². The number of carboxylic acids is 1. The van der Waals surface area contributed by atoms with Crippen LogP contribution in [0.5, 0.6) is 0 Å². The first kappa shape index (κ1) is 12.6. The number of carbonyl (C=O) groups is 2. The van der Waals surface area contributed by atoms with E-state index in [1.54, 1.807) is 13.2 Å². The Morgan fingerprint density at radius 2 is 2.20 bits per heavy atom. The van der Waals surface area contributed by atoms with E-state index in [-0.39, 0.29) is 12.3 Å². The van der Waals surface area contributed by atoms with Crippen LogP contribution >= 0.6 is 0 Å². The summed E-state index contributed by atoms with van der Waals surface area (Å²) in [6.45, 7) is 0. The molecule has 2 atom stereocenters. The van der Waals surface area contributed by atoms with Gasteiger partial charge >= 0.3 is 5.97 Å². The van der Waals surface area contributed by atoms with Crippen molar-refractivity contribution in [3.63, 3.8) is 0 Å². The van der Waals surface area contributed by atoms with Gasteiger partial charge in [0.2, 0.25) is 5.91 Å². The van der Waals surface area contributed by atoms with Crippen LogP contribution in [0.15, 0.2) is 36.5 Å². The van der Waals surface area contributed by atoms with E-state index in [0.717, 1.165) is 16.5 Å². The zero-order valence-electron chi connectivity index (χ0n) is 11.0. The lowest BCUT2D eigenvalue weighted by atomic mass is 9.93. The van der Waals surface area contributed by atoms with E-state index < -0.39 is 17.9 Å². The maximum absolute atomic E-state index is 11.8. The molecular formula is C15H14N2O3. The van der Waals surface area contributed by atoms with Crippen molar-refractivity contribution in [3.8, 4) is 0 Å². The van der Waals surface area contributed by atoms with Crippen molar-refractivity contribution >= 4 is 22.8 Å². The zero-order chi connectivity index (χ0) is 14.3. The Kier molecular flexibility index (Phi) is 2.89. The summed E-state index contributed by atoms with van der Waals surface area (Å²) in [5.41, 5.74) is 1.70. The second kappa shape index (κ2) is 4.59. The minimum atomic E-state index is -0.931. The average molecular weight is 270 g/mol.